The molecule has 1 aliphatic carbocycles. The molecule has 0 aromatic heterocycles. The fourth-order valence-corrected chi connectivity index (χ4v) is 1.89. The molecule has 1 aromatic carbocycles. The number of rotatable bonds is 0. The molecule has 0 spiro atoms. The van der Waals surface area contributed by atoms with Crippen LogP contribution in [0.1, 0.15) is 17.5 Å². The van der Waals surface area contributed by atoms with E-state index in [2.05, 4.69) is 18.2 Å². The average Bonchev–Trinajstić information content (AvgIpc) is 2.26. The average molecular weight is 187 g/mol. The van der Waals surface area contributed by atoms with E-state index in [0.29, 0.717) is 13.2 Å². The van der Waals surface area contributed by atoms with Crippen molar-refractivity contribution in [2.75, 3.05) is 13.2 Å². The number of hydrogen-bond acceptors (Lipinski definition) is 2. The number of benzene rings is 1. The Morgan fingerprint density at radius 3 is 2.71 bits per heavy atom. The Kier molecular flexibility index (Phi) is 1.72. The summed E-state index contributed by atoms with van der Waals surface area (Å²) in [5, 5.41) is 0. The third kappa shape index (κ3) is 1.18. The van der Waals surface area contributed by atoms with E-state index in [1.807, 2.05) is 6.08 Å². The molecule has 0 unspecified atom stereocenters. The van der Waals surface area contributed by atoms with Crippen LogP contribution in [0.4, 0.5) is 0 Å². The monoisotopic (exact) mass is 187 g/mol. The Labute approximate surface area is 83.1 Å². The summed E-state index contributed by atoms with van der Waals surface area (Å²) in [6.45, 7) is 1.31. The van der Waals surface area contributed by atoms with Crippen molar-refractivity contribution in [3.8, 4) is 11.5 Å². The van der Waals surface area contributed by atoms with Crippen molar-refractivity contribution in [2.24, 2.45) is 0 Å². The fraction of sp³-hybridized carbons (Fsp3) is 0.333. The molecular formula is C12H11O2. The Bertz CT molecular complexity index is 394. The van der Waals surface area contributed by atoms with Crippen molar-refractivity contribution in [1.29, 1.82) is 0 Å². The van der Waals surface area contributed by atoms with Crippen molar-refractivity contribution < 1.29 is 9.47 Å². The van der Waals surface area contributed by atoms with Crippen LogP contribution in [0.3, 0.4) is 0 Å². The molecule has 1 aliphatic heterocycles. The third-order valence-corrected chi connectivity index (χ3v) is 2.60. The van der Waals surface area contributed by atoms with Crippen LogP contribution in [0, 0.1) is 6.08 Å². The van der Waals surface area contributed by atoms with Gasteiger partial charge in [0.15, 0.2) is 11.5 Å². The summed E-state index contributed by atoms with van der Waals surface area (Å²) < 4.78 is 11.0. The van der Waals surface area contributed by atoms with E-state index in [-0.39, 0.29) is 0 Å². The van der Waals surface area contributed by atoms with Gasteiger partial charge in [-0.25, -0.2) is 0 Å². The molecule has 1 radical (unpaired) electrons. The van der Waals surface area contributed by atoms with Crippen molar-refractivity contribution in [2.45, 2.75) is 12.8 Å². The Morgan fingerprint density at radius 2 is 1.86 bits per heavy atom. The summed E-state index contributed by atoms with van der Waals surface area (Å²) in [4.78, 5) is 0. The first-order valence-electron chi connectivity index (χ1n) is 4.92. The maximum atomic E-state index is 5.53. The topological polar surface area (TPSA) is 18.5 Å². The highest BCUT2D eigenvalue weighted by Gasteiger charge is 2.15. The van der Waals surface area contributed by atoms with Gasteiger partial charge < -0.3 is 9.47 Å². The van der Waals surface area contributed by atoms with E-state index in [1.165, 1.54) is 11.1 Å². The number of aryl methyl sites for hydroxylation is 1. The predicted octanol–water partition coefficient (Wildman–Crippen LogP) is 2.22. The molecule has 1 heterocycles. The molecule has 0 saturated carbocycles. The summed E-state index contributed by atoms with van der Waals surface area (Å²) >= 11 is 0. The molecule has 0 bridgehead atoms. The van der Waals surface area contributed by atoms with E-state index < -0.39 is 0 Å². The maximum Gasteiger partial charge on any atom is 0.161 e. The minimum Gasteiger partial charge on any atom is -0.486 e. The van der Waals surface area contributed by atoms with Gasteiger partial charge in [-0.05, 0) is 42.2 Å². The zero-order chi connectivity index (χ0) is 9.38. The van der Waals surface area contributed by atoms with Crippen molar-refractivity contribution in [3.63, 3.8) is 0 Å². The number of allylic oxidation sites excluding steroid dienone is 1. The molecule has 3 rings (SSSR count). The van der Waals surface area contributed by atoms with Gasteiger partial charge in [0.2, 0.25) is 0 Å². The summed E-state index contributed by atoms with van der Waals surface area (Å²) in [7, 11) is 0. The van der Waals surface area contributed by atoms with Crippen molar-refractivity contribution >= 4 is 6.08 Å². The van der Waals surface area contributed by atoms with Crippen molar-refractivity contribution in [3.05, 3.63) is 29.3 Å². The Morgan fingerprint density at radius 1 is 1.07 bits per heavy atom. The maximum absolute atomic E-state index is 5.53. The molecule has 2 heteroatoms. The van der Waals surface area contributed by atoms with Gasteiger partial charge in [0.05, 0.1) is 0 Å². The quantitative estimate of drug-likeness (QED) is 0.620. The van der Waals surface area contributed by atoms with Crippen LogP contribution in [-0.2, 0) is 6.42 Å². The van der Waals surface area contributed by atoms with Gasteiger partial charge in [0.1, 0.15) is 13.2 Å². The predicted molar refractivity (Wildman–Crippen MR) is 53.5 cm³/mol. The van der Waals surface area contributed by atoms with Crippen LogP contribution >= 0.6 is 0 Å². The lowest BCUT2D eigenvalue weighted by Crippen LogP contribution is -2.16. The summed E-state index contributed by atoms with van der Waals surface area (Å²) in [6.07, 6.45) is 7.33. The van der Waals surface area contributed by atoms with Gasteiger partial charge in [-0.15, -0.1) is 0 Å². The molecule has 0 amide bonds. The lowest BCUT2D eigenvalue weighted by Gasteiger charge is -2.21. The van der Waals surface area contributed by atoms with E-state index >= 15 is 0 Å². The first-order chi connectivity index (χ1) is 6.93. The second kappa shape index (κ2) is 3.05. The zero-order valence-electron chi connectivity index (χ0n) is 7.88. The number of hydrogen-bond donors (Lipinski definition) is 0. The van der Waals surface area contributed by atoms with Gasteiger partial charge in [-0.2, -0.15) is 0 Å². The van der Waals surface area contributed by atoms with Crippen LogP contribution in [-0.4, -0.2) is 13.2 Å². The van der Waals surface area contributed by atoms with Gasteiger partial charge in [-0.3, -0.25) is 0 Å². The van der Waals surface area contributed by atoms with Gasteiger partial charge in [-0.1, -0.05) is 6.08 Å². The highest BCUT2D eigenvalue weighted by molar-refractivity contribution is 5.61. The van der Waals surface area contributed by atoms with E-state index in [0.717, 1.165) is 24.3 Å². The highest BCUT2D eigenvalue weighted by atomic mass is 16.6. The largest absolute Gasteiger partial charge is 0.486 e. The van der Waals surface area contributed by atoms with E-state index in [4.69, 9.17) is 9.47 Å². The molecule has 0 fully saturated rings. The molecular weight excluding hydrogens is 176 g/mol. The van der Waals surface area contributed by atoms with Crippen molar-refractivity contribution in [1.82, 2.24) is 0 Å². The number of ether oxygens (including phenoxy) is 2. The summed E-state index contributed by atoms with van der Waals surface area (Å²) in [5.74, 6) is 1.76. The molecule has 1 aromatic rings. The summed E-state index contributed by atoms with van der Waals surface area (Å²) in [6, 6.07) is 4.15. The highest BCUT2D eigenvalue weighted by Crippen LogP contribution is 2.35. The van der Waals surface area contributed by atoms with Gasteiger partial charge >= 0.3 is 0 Å². The minimum atomic E-state index is 0.652. The zero-order valence-corrected chi connectivity index (χ0v) is 7.88. The first-order valence-corrected chi connectivity index (χ1v) is 4.92. The minimum absolute atomic E-state index is 0.652. The molecule has 2 aliphatic rings. The smallest absolute Gasteiger partial charge is 0.161 e. The van der Waals surface area contributed by atoms with Gasteiger partial charge in [0.25, 0.3) is 0 Å². The second-order valence-electron chi connectivity index (χ2n) is 3.54. The molecule has 71 valence electrons. The van der Waals surface area contributed by atoms with Gasteiger partial charge in [0, 0.05) is 0 Å². The van der Waals surface area contributed by atoms with E-state index in [1.54, 1.807) is 0 Å². The van der Waals surface area contributed by atoms with E-state index in [9.17, 15) is 0 Å². The Hall–Kier alpha value is -1.44. The van der Waals surface area contributed by atoms with Crippen LogP contribution in [0.5, 0.6) is 11.5 Å². The molecule has 0 saturated heterocycles. The first kappa shape index (κ1) is 7.92. The Balaban J connectivity index is 2.12. The fourth-order valence-electron chi connectivity index (χ4n) is 1.89. The second-order valence-corrected chi connectivity index (χ2v) is 3.54. The van der Waals surface area contributed by atoms with Crippen LogP contribution in [0.25, 0.3) is 6.08 Å². The summed E-state index contributed by atoms with van der Waals surface area (Å²) in [5.41, 5.74) is 2.56. The SMILES string of the molecule is [C]1=Cc2cc3c(cc2CC1)OCCO3. The standard InChI is InChI=1S/C12H11O2/c1-2-4-10-8-12-11(7-9(10)3-1)13-5-6-14-12/h4,7-8H,1,3,5-6H2. The normalized spacial score (nSPS) is 17.7. The lowest BCUT2D eigenvalue weighted by molar-refractivity contribution is 0.171. The van der Waals surface area contributed by atoms with Crippen LogP contribution in [0.15, 0.2) is 12.1 Å². The number of fused-ring (bicyclic) bond motifs is 2. The molecule has 0 atom stereocenters. The third-order valence-electron chi connectivity index (χ3n) is 2.60. The molecule has 2 nitrogen and oxygen atoms in total. The van der Waals surface area contributed by atoms with Crippen LogP contribution < -0.4 is 9.47 Å². The molecule has 14 heavy (non-hydrogen) atoms. The lowest BCUT2D eigenvalue weighted by atomic mass is 9.97. The van der Waals surface area contributed by atoms with Crippen LogP contribution in [0.2, 0.25) is 0 Å². The molecule has 0 N–H and O–H groups in total.